The number of hydrogen-bond acceptors (Lipinski definition) is 3. The highest BCUT2D eigenvalue weighted by Crippen LogP contribution is 2.31. The Bertz CT molecular complexity index is 758. The molecule has 2 aromatic rings. The third-order valence-corrected chi connectivity index (χ3v) is 5.27. The van der Waals surface area contributed by atoms with Crippen LogP contribution in [0.2, 0.25) is 0 Å². The van der Waals surface area contributed by atoms with Crippen molar-refractivity contribution in [1.82, 2.24) is 9.47 Å². The van der Waals surface area contributed by atoms with Crippen molar-refractivity contribution in [2.75, 3.05) is 26.2 Å². The Kier molecular flexibility index (Phi) is 4.92. The highest BCUT2D eigenvalue weighted by atomic mass is 16.4. The number of aryl methyl sites for hydroxylation is 1. The third kappa shape index (κ3) is 2.94. The van der Waals surface area contributed by atoms with Crippen molar-refractivity contribution < 1.29 is 9.90 Å². The van der Waals surface area contributed by atoms with Crippen LogP contribution in [0.5, 0.6) is 0 Å². The lowest BCUT2D eigenvalue weighted by molar-refractivity contribution is 0.0698. The zero-order valence-corrected chi connectivity index (χ0v) is 14.6. The van der Waals surface area contributed by atoms with Gasteiger partial charge >= 0.3 is 5.97 Å². The van der Waals surface area contributed by atoms with Gasteiger partial charge in [0, 0.05) is 30.7 Å². The van der Waals surface area contributed by atoms with E-state index in [9.17, 15) is 9.90 Å². The standard InChI is InChI=1S/C19H27N3O2/c1-13-5-6-16-15(7-11-21-9-3-4-10-21)14(2)22(12-8-20)18(16)17(13)19(23)24/h5-6H,3-4,7-12,20H2,1-2H3,(H,23,24). The van der Waals surface area contributed by atoms with Crippen LogP contribution in [-0.4, -0.2) is 46.7 Å². The lowest BCUT2D eigenvalue weighted by Gasteiger charge is -2.14. The van der Waals surface area contributed by atoms with Crippen LogP contribution in [0.25, 0.3) is 10.9 Å². The Morgan fingerprint density at radius 3 is 2.54 bits per heavy atom. The zero-order valence-electron chi connectivity index (χ0n) is 14.6. The molecule has 1 aliphatic heterocycles. The lowest BCUT2D eigenvalue weighted by atomic mass is 10.0. The topological polar surface area (TPSA) is 71.5 Å². The molecule has 0 unspecified atom stereocenters. The summed E-state index contributed by atoms with van der Waals surface area (Å²) >= 11 is 0. The molecule has 5 nitrogen and oxygen atoms in total. The van der Waals surface area contributed by atoms with E-state index in [2.05, 4.69) is 22.5 Å². The number of carbonyl (C=O) groups is 1. The first kappa shape index (κ1) is 17.0. The molecule has 2 heterocycles. The van der Waals surface area contributed by atoms with Gasteiger partial charge in [-0.3, -0.25) is 0 Å². The smallest absolute Gasteiger partial charge is 0.338 e. The average molecular weight is 329 g/mol. The van der Waals surface area contributed by atoms with Crippen LogP contribution < -0.4 is 5.73 Å². The van der Waals surface area contributed by atoms with Crippen molar-refractivity contribution in [3.05, 3.63) is 34.5 Å². The number of benzene rings is 1. The van der Waals surface area contributed by atoms with Gasteiger partial charge < -0.3 is 20.3 Å². The number of likely N-dealkylation sites (tertiary alicyclic amines) is 1. The summed E-state index contributed by atoms with van der Waals surface area (Å²) in [6.45, 7) is 8.51. The normalized spacial score (nSPS) is 15.5. The highest BCUT2D eigenvalue weighted by Gasteiger charge is 2.22. The molecule has 5 heteroatoms. The fourth-order valence-electron chi connectivity index (χ4n) is 4.01. The molecule has 0 saturated carbocycles. The lowest BCUT2D eigenvalue weighted by Crippen LogP contribution is -2.22. The van der Waals surface area contributed by atoms with Gasteiger partial charge in [-0.15, -0.1) is 0 Å². The van der Waals surface area contributed by atoms with Crippen molar-refractivity contribution in [3.8, 4) is 0 Å². The minimum atomic E-state index is -0.861. The Hall–Kier alpha value is -1.85. The summed E-state index contributed by atoms with van der Waals surface area (Å²) in [5.74, 6) is -0.861. The van der Waals surface area contributed by atoms with E-state index in [1.807, 2.05) is 13.0 Å². The number of carboxylic acids is 1. The molecule has 0 amide bonds. The summed E-state index contributed by atoms with van der Waals surface area (Å²) in [4.78, 5) is 14.3. The van der Waals surface area contributed by atoms with Crippen LogP contribution in [0.1, 0.15) is 40.0 Å². The summed E-state index contributed by atoms with van der Waals surface area (Å²) in [6, 6.07) is 4.01. The zero-order chi connectivity index (χ0) is 17.3. The second-order valence-electron chi connectivity index (χ2n) is 6.76. The third-order valence-electron chi connectivity index (χ3n) is 5.27. The van der Waals surface area contributed by atoms with Gasteiger partial charge in [-0.2, -0.15) is 0 Å². The number of aromatic carboxylic acids is 1. The van der Waals surface area contributed by atoms with Gasteiger partial charge in [0.25, 0.3) is 0 Å². The monoisotopic (exact) mass is 329 g/mol. The molecular formula is C19H27N3O2. The van der Waals surface area contributed by atoms with Gasteiger partial charge in [0.05, 0.1) is 11.1 Å². The molecular weight excluding hydrogens is 302 g/mol. The van der Waals surface area contributed by atoms with Crippen LogP contribution >= 0.6 is 0 Å². The van der Waals surface area contributed by atoms with E-state index in [0.717, 1.165) is 35.1 Å². The first-order valence-electron chi connectivity index (χ1n) is 8.81. The molecule has 24 heavy (non-hydrogen) atoms. The number of aromatic nitrogens is 1. The SMILES string of the molecule is Cc1ccc2c(CCN3CCCC3)c(C)n(CCN)c2c1C(=O)O. The minimum Gasteiger partial charge on any atom is -0.478 e. The molecule has 1 aromatic carbocycles. The molecule has 0 bridgehead atoms. The highest BCUT2D eigenvalue weighted by molar-refractivity contribution is 6.05. The molecule has 3 rings (SSSR count). The van der Waals surface area contributed by atoms with Crippen LogP contribution in [0, 0.1) is 13.8 Å². The van der Waals surface area contributed by atoms with Gasteiger partial charge in [-0.05, 0) is 57.3 Å². The number of carboxylic acid groups (broad SMARTS) is 1. The quantitative estimate of drug-likeness (QED) is 0.854. The van der Waals surface area contributed by atoms with E-state index in [1.54, 1.807) is 0 Å². The molecule has 3 N–H and O–H groups in total. The Balaban J connectivity index is 2.09. The molecule has 1 aliphatic rings. The molecule has 1 saturated heterocycles. The summed E-state index contributed by atoms with van der Waals surface area (Å²) in [5, 5.41) is 10.8. The van der Waals surface area contributed by atoms with Gasteiger partial charge in [-0.25, -0.2) is 4.79 Å². The molecule has 1 fully saturated rings. The van der Waals surface area contributed by atoms with E-state index in [0.29, 0.717) is 18.7 Å². The largest absolute Gasteiger partial charge is 0.478 e. The molecule has 130 valence electrons. The number of rotatable bonds is 6. The maximum Gasteiger partial charge on any atom is 0.338 e. The van der Waals surface area contributed by atoms with Crippen molar-refractivity contribution in [2.45, 2.75) is 39.7 Å². The molecule has 0 radical (unpaired) electrons. The van der Waals surface area contributed by atoms with E-state index in [1.165, 1.54) is 31.5 Å². The molecule has 1 aromatic heterocycles. The number of nitrogens with two attached hydrogens (primary N) is 1. The minimum absolute atomic E-state index is 0.413. The number of hydrogen-bond donors (Lipinski definition) is 2. The van der Waals surface area contributed by atoms with Crippen LogP contribution in [0.4, 0.5) is 0 Å². The van der Waals surface area contributed by atoms with Crippen LogP contribution in [-0.2, 0) is 13.0 Å². The van der Waals surface area contributed by atoms with Crippen molar-refractivity contribution in [3.63, 3.8) is 0 Å². The fraction of sp³-hybridized carbons (Fsp3) is 0.526. The summed E-state index contributed by atoms with van der Waals surface area (Å²) < 4.78 is 2.10. The average Bonchev–Trinajstić information content (AvgIpc) is 3.14. The first-order chi connectivity index (χ1) is 11.5. The van der Waals surface area contributed by atoms with Crippen molar-refractivity contribution in [2.24, 2.45) is 5.73 Å². The van der Waals surface area contributed by atoms with Gasteiger partial charge in [0.15, 0.2) is 0 Å². The fourth-order valence-corrected chi connectivity index (χ4v) is 4.01. The van der Waals surface area contributed by atoms with E-state index in [-0.39, 0.29) is 0 Å². The van der Waals surface area contributed by atoms with Crippen molar-refractivity contribution in [1.29, 1.82) is 0 Å². The predicted molar refractivity (Wildman–Crippen MR) is 96.8 cm³/mol. The van der Waals surface area contributed by atoms with Gasteiger partial charge in [0.1, 0.15) is 0 Å². The summed E-state index contributed by atoms with van der Waals surface area (Å²) in [6.07, 6.45) is 3.54. The molecule has 0 aliphatic carbocycles. The number of fused-ring (bicyclic) bond motifs is 1. The second-order valence-corrected chi connectivity index (χ2v) is 6.76. The maximum absolute atomic E-state index is 11.8. The Labute approximate surface area is 143 Å². The van der Waals surface area contributed by atoms with E-state index >= 15 is 0 Å². The number of nitrogens with zero attached hydrogens (tertiary/aromatic N) is 2. The van der Waals surface area contributed by atoms with Crippen LogP contribution in [0.3, 0.4) is 0 Å². The Morgan fingerprint density at radius 1 is 1.21 bits per heavy atom. The maximum atomic E-state index is 11.8. The van der Waals surface area contributed by atoms with Gasteiger partial charge in [0.2, 0.25) is 0 Å². The second kappa shape index (κ2) is 6.95. The Morgan fingerprint density at radius 2 is 1.92 bits per heavy atom. The van der Waals surface area contributed by atoms with E-state index < -0.39 is 5.97 Å². The van der Waals surface area contributed by atoms with Crippen molar-refractivity contribution >= 4 is 16.9 Å². The van der Waals surface area contributed by atoms with E-state index in [4.69, 9.17) is 5.73 Å². The summed E-state index contributed by atoms with van der Waals surface area (Å²) in [7, 11) is 0. The summed E-state index contributed by atoms with van der Waals surface area (Å²) in [5.41, 5.74) is 10.3. The molecule has 0 spiro atoms. The molecule has 0 atom stereocenters. The first-order valence-corrected chi connectivity index (χ1v) is 8.81. The van der Waals surface area contributed by atoms with Gasteiger partial charge in [-0.1, -0.05) is 12.1 Å². The van der Waals surface area contributed by atoms with Crippen LogP contribution in [0.15, 0.2) is 12.1 Å². The predicted octanol–water partition coefficient (Wildman–Crippen LogP) is 2.55.